The number of pyridine rings is 1. The van der Waals surface area contributed by atoms with Crippen molar-refractivity contribution in [1.29, 1.82) is 0 Å². The fraction of sp³-hybridized carbons (Fsp3) is 0.455. The number of nitrogens with zero attached hydrogens (tertiary/aromatic N) is 2. The maximum Gasteiger partial charge on any atom is 0.354 e. The Kier molecular flexibility index (Phi) is 4.99. The summed E-state index contributed by atoms with van der Waals surface area (Å²) in [7, 11) is -3.31. The predicted molar refractivity (Wildman–Crippen MR) is 115 cm³/mol. The summed E-state index contributed by atoms with van der Waals surface area (Å²) in [5, 5.41) is 8.86. The van der Waals surface area contributed by atoms with Gasteiger partial charge in [0.25, 0.3) is 0 Å². The van der Waals surface area contributed by atoms with Crippen molar-refractivity contribution >= 4 is 21.6 Å². The molecule has 0 aliphatic heterocycles. The number of hydrogen-bond acceptors (Lipinski definition) is 3. The molecule has 1 atom stereocenters. The lowest BCUT2D eigenvalue weighted by Gasteiger charge is -2.20. The number of nitrogens with two attached hydrogens (primary N) is 1. The molecule has 0 spiro atoms. The van der Waals surface area contributed by atoms with Gasteiger partial charge in [-0.15, -0.1) is 4.36 Å². The Hall–Kier alpha value is -2.25. The van der Waals surface area contributed by atoms with Crippen LogP contribution in [-0.2, 0) is 41.0 Å². The largest absolute Gasteiger partial charge is 0.354 e. The molecule has 0 radical (unpaired) electrons. The number of carbonyl (C=O) groups excluding carboxylic acids is 1. The average molecular weight is 413 g/mol. The van der Waals surface area contributed by atoms with E-state index < -0.39 is 15.9 Å². The average Bonchev–Trinajstić information content (AvgIpc) is 3.26. The van der Waals surface area contributed by atoms with Crippen LogP contribution in [0.5, 0.6) is 0 Å². The summed E-state index contributed by atoms with van der Waals surface area (Å²) >= 11 is 0. The second-order valence-electron chi connectivity index (χ2n) is 8.56. The van der Waals surface area contributed by atoms with Gasteiger partial charge in [0.05, 0.1) is 16.3 Å². The first-order chi connectivity index (χ1) is 13.7. The van der Waals surface area contributed by atoms with Crippen LogP contribution in [0, 0.1) is 0 Å². The molecule has 0 saturated heterocycles. The van der Waals surface area contributed by atoms with Gasteiger partial charge >= 0.3 is 6.03 Å². The number of nitrogens with one attached hydrogen (secondary N) is 1. The molecule has 7 heteroatoms. The molecule has 2 aliphatic rings. The fourth-order valence-corrected chi connectivity index (χ4v) is 5.28. The summed E-state index contributed by atoms with van der Waals surface area (Å²) in [4.78, 5) is 18.0. The minimum atomic E-state index is -3.31. The van der Waals surface area contributed by atoms with Gasteiger partial charge in [-0.05, 0) is 67.3 Å². The molecule has 0 bridgehead atoms. The van der Waals surface area contributed by atoms with E-state index in [4.69, 9.17) is 10.1 Å². The molecule has 6 nitrogen and oxygen atoms in total. The van der Waals surface area contributed by atoms with Gasteiger partial charge in [-0.25, -0.2) is 14.1 Å². The molecule has 29 heavy (non-hydrogen) atoms. The maximum absolute atomic E-state index is 12.9. The summed E-state index contributed by atoms with van der Waals surface area (Å²) in [6, 6.07) is 6.43. The van der Waals surface area contributed by atoms with Gasteiger partial charge < -0.3 is 5.32 Å². The van der Waals surface area contributed by atoms with Gasteiger partial charge in [-0.3, -0.25) is 4.98 Å². The van der Waals surface area contributed by atoms with Gasteiger partial charge in [0.2, 0.25) is 0 Å². The minimum Gasteiger partial charge on any atom is -0.305 e. The van der Waals surface area contributed by atoms with E-state index in [1.807, 2.05) is 19.1 Å². The Morgan fingerprint density at radius 2 is 1.93 bits per heavy atom. The highest BCUT2D eigenvalue weighted by atomic mass is 32.2. The van der Waals surface area contributed by atoms with Gasteiger partial charge in [-0.2, -0.15) is 0 Å². The van der Waals surface area contributed by atoms with Gasteiger partial charge in [0.15, 0.2) is 0 Å². The molecule has 1 heterocycles. The highest BCUT2D eigenvalue weighted by Gasteiger charge is 2.36. The van der Waals surface area contributed by atoms with Crippen LogP contribution in [-0.4, -0.2) is 15.2 Å². The van der Waals surface area contributed by atoms with E-state index in [2.05, 4.69) is 23.5 Å². The number of aryl methyl sites for hydroxylation is 2. The zero-order chi connectivity index (χ0) is 20.8. The first-order valence-corrected chi connectivity index (χ1v) is 11.8. The summed E-state index contributed by atoms with van der Waals surface area (Å²) in [6.07, 6.45) is 5.59. The lowest BCUT2D eigenvalue weighted by Crippen LogP contribution is -2.20. The third kappa shape index (κ3) is 3.69. The van der Waals surface area contributed by atoms with Crippen molar-refractivity contribution in [3.63, 3.8) is 0 Å². The number of anilines is 1. The smallest absolute Gasteiger partial charge is 0.305 e. The quantitative estimate of drug-likeness (QED) is 0.787. The van der Waals surface area contributed by atoms with E-state index >= 15 is 0 Å². The second-order valence-corrected chi connectivity index (χ2v) is 10.4. The lowest BCUT2D eigenvalue weighted by molar-refractivity contribution is 0.260. The van der Waals surface area contributed by atoms with Crippen LogP contribution >= 0.6 is 0 Å². The van der Waals surface area contributed by atoms with E-state index in [1.165, 1.54) is 0 Å². The molecular formula is C22H28N4O2S. The molecule has 3 N–H and O–H groups in total. The zero-order valence-corrected chi connectivity index (χ0v) is 18.1. The highest BCUT2D eigenvalue weighted by molar-refractivity contribution is 7.91. The Labute approximate surface area is 172 Å². The van der Waals surface area contributed by atoms with E-state index in [0.29, 0.717) is 4.90 Å². The molecule has 154 valence electrons. The van der Waals surface area contributed by atoms with E-state index in [1.54, 1.807) is 12.1 Å². The number of carbonyl (C=O) groups is 1. The van der Waals surface area contributed by atoms with Crippen LogP contribution in [0.3, 0.4) is 0 Å². The summed E-state index contributed by atoms with van der Waals surface area (Å²) in [5.41, 5.74) is 6.24. The number of urea groups is 1. The van der Waals surface area contributed by atoms with Crippen LogP contribution in [0.2, 0.25) is 0 Å². The van der Waals surface area contributed by atoms with E-state index in [-0.39, 0.29) is 5.41 Å². The Bertz CT molecular complexity index is 1100. The van der Waals surface area contributed by atoms with Crippen molar-refractivity contribution in [2.45, 2.75) is 69.6 Å². The molecule has 4 rings (SSSR count). The zero-order valence-electron chi connectivity index (χ0n) is 17.2. The van der Waals surface area contributed by atoms with Gasteiger partial charge in [-0.1, -0.05) is 32.9 Å². The van der Waals surface area contributed by atoms with Crippen molar-refractivity contribution in [1.82, 2.24) is 4.98 Å². The molecule has 0 fully saturated rings. The lowest BCUT2D eigenvalue weighted by atomic mass is 9.90. The van der Waals surface area contributed by atoms with Crippen molar-refractivity contribution in [3.05, 3.63) is 52.3 Å². The number of aromatic nitrogens is 1. The van der Waals surface area contributed by atoms with Crippen molar-refractivity contribution in [3.8, 4) is 0 Å². The second kappa shape index (κ2) is 7.22. The molecule has 2 aromatic rings. The van der Waals surface area contributed by atoms with E-state index in [9.17, 15) is 9.00 Å². The fourth-order valence-electron chi connectivity index (χ4n) is 4.36. The van der Waals surface area contributed by atoms with Crippen LogP contribution in [0.1, 0.15) is 61.7 Å². The monoisotopic (exact) mass is 412 g/mol. The molecule has 1 aromatic heterocycles. The number of amides is 2. The number of rotatable bonds is 3. The number of benzene rings is 1. The topological polar surface area (TPSA) is 97.4 Å². The van der Waals surface area contributed by atoms with Crippen LogP contribution in [0.15, 0.2) is 33.5 Å². The normalized spacial score (nSPS) is 18.6. The minimum absolute atomic E-state index is 0.00793. The number of hydrogen-bond donors (Lipinski definition) is 2. The highest BCUT2D eigenvalue weighted by Crippen LogP contribution is 2.44. The van der Waals surface area contributed by atoms with Crippen molar-refractivity contribution < 1.29 is 9.00 Å². The predicted octanol–water partition coefficient (Wildman–Crippen LogP) is 4.29. The SMILES string of the molecule is CCc1ccc(S(N)(=O)=NC(=O)Nc2c3c(nc4c2CCC4(C)C)CCC3)cc1. The van der Waals surface area contributed by atoms with Crippen molar-refractivity contribution in [2.24, 2.45) is 9.50 Å². The standard InChI is InChI=1S/C22H28N4O2S/c1-4-14-8-10-15(11-9-14)29(23,28)26-21(27)25-19-16-6-5-7-18(16)24-20-17(19)12-13-22(20,2)3/h8-11H,4-7,12-13H2,1-3H3,(H3,23,24,25,26,27,28). The van der Waals surface area contributed by atoms with Crippen molar-refractivity contribution in [2.75, 3.05) is 5.32 Å². The molecule has 1 unspecified atom stereocenters. The third-order valence-electron chi connectivity index (χ3n) is 6.09. The molecule has 2 amide bonds. The Morgan fingerprint density at radius 3 is 2.62 bits per heavy atom. The molecule has 2 aliphatic carbocycles. The van der Waals surface area contributed by atoms with E-state index in [0.717, 1.165) is 72.3 Å². The Balaban J connectivity index is 1.69. The Morgan fingerprint density at radius 1 is 1.21 bits per heavy atom. The summed E-state index contributed by atoms with van der Waals surface area (Å²) in [5.74, 6) is 0. The summed E-state index contributed by atoms with van der Waals surface area (Å²) < 4.78 is 16.7. The van der Waals surface area contributed by atoms with Crippen LogP contribution in [0.25, 0.3) is 0 Å². The van der Waals surface area contributed by atoms with Crippen LogP contribution in [0.4, 0.5) is 10.5 Å². The molecule has 1 aromatic carbocycles. The maximum atomic E-state index is 12.9. The van der Waals surface area contributed by atoms with Gasteiger partial charge in [0, 0.05) is 11.1 Å². The number of fused-ring (bicyclic) bond motifs is 2. The first-order valence-electron chi connectivity index (χ1n) is 10.2. The molecular weight excluding hydrogens is 384 g/mol. The van der Waals surface area contributed by atoms with Crippen LogP contribution < -0.4 is 10.5 Å². The first kappa shape index (κ1) is 20.0. The summed E-state index contributed by atoms with van der Waals surface area (Å²) in [6.45, 7) is 6.42. The van der Waals surface area contributed by atoms with Gasteiger partial charge in [0.1, 0.15) is 9.92 Å². The third-order valence-corrected chi connectivity index (χ3v) is 7.47. The molecule has 0 saturated carbocycles.